The third kappa shape index (κ3) is 3.20. The Morgan fingerprint density at radius 2 is 2.11 bits per heavy atom. The average molecular weight is 381 g/mol. The van der Waals surface area contributed by atoms with E-state index in [4.69, 9.17) is 0 Å². The van der Waals surface area contributed by atoms with Gasteiger partial charge in [0.25, 0.3) is 17.4 Å². The van der Waals surface area contributed by atoms with E-state index < -0.39 is 11.5 Å². The van der Waals surface area contributed by atoms with Crippen LogP contribution in [0, 0.1) is 0 Å². The van der Waals surface area contributed by atoms with E-state index in [1.54, 1.807) is 19.2 Å². The van der Waals surface area contributed by atoms with Crippen molar-refractivity contribution in [3.8, 4) is 0 Å². The van der Waals surface area contributed by atoms with Gasteiger partial charge in [0, 0.05) is 32.4 Å². The minimum absolute atomic E-state index is 0.0918. The van der Waals surface area contributed by atoms with E-state index in [0.717, 1.165) is 6.42 Å². The molecule has 0 unspecified atom stereocenters. The zero-order chi connectivity index (χ0) is 19.7. The summed E-state index contributed by atoms with van der Waals surface area (Å²) < 4.78 is 1.50. The van der Waals surface area contributed by atoms with E-state index in [0.29, 0.717) is 30.2 Å². The summed E-state index contributed by atoms with van der Waals surface area (Å²) in [7, 11) is 1.55. The molecule has 1 saturated heterocycles. The lowest BCUT2D eigenvalue weighted by Gasteiger charge is -2.18. The summed E-state index contributed by atoms with van der Waals surface area (Å²) in [5.41, 5.74) is 0.611. The van der Waals surface area contributed by atoms with Gasteiger partial charge in [0.1, 0.15) is 11.4 Å². The molecule has 0 bridgehead atoms. The molecule has 0 saturated carbocycles. The number of hydrogen-bond donors (Lipinski definition) is 3. The first kappa shape index (κ1) is 17.7. The van der Waals surface area contributed by atoms with Crippen molar-refractivity contribution in [1.29, 1.82) is 0 Å². The first-order valence-electron chi connectivity index (χ1n) is 8.87. The number of aromatic nitrogens is 4. The Bertz CT molecular complexity index is 1100. The normalized spacial score (nSPS) is 16.3. The number of nitrogens with zero attached hydrogens (tertiary/aromatic N) is 4. The van der Waals surface area contributed by atoms with Gasteiger partial charge in [-0.25, -0.2) is 9.50 Å². The fourth-order valence-electron chi connectivity index (χ4n) is 3.26. The molecule has 3 aromatic heterocycles. The predicted molar refractivity (Wildman–Crippen MR) is 102 cm³/mol. The van der Waals surface area contributed by atoms with Crippen LogP contribution in [-0.4, -0.2) is 57.6 Å². The van der Waals surface area contributed by atoms with Gasteiger partial charge < -0.3 is 20.5 Å². The monoisotopic (exact) mass is 381 g/mol. The second-order valence-electron chi connectivity index (χ2n) is 6.50. The molecule has 2 amide bonds. The highest BCUT2D eigenvalue weighted by atomic mass is 16.2. The molecule has 28 heavy (non-hydrogen) atoms. The topological polar surface area (TPSA) is 124 Å². The van der Waals surface area contributed by atoms with Crippen LogP contribution >= 0.6 is 0 Å². The molecule has 1 aliphatic heterocycles. The maximum atomic E-state index is 12.3. The van der Waals surface area contributed by atoms with E-state index in [9.17, 15) is 14.4 Å². The Morgan fingerprint density at radius 1 is 1.25 bits per heavy atom. The molecule has 0 spiro atoms. The fourth-order valence-corrected chi connectivity index (χ4v) is 3.26. The number of H-pyrrole nitrogens is 1. The van der Waals surface area contributed by atoms with Crippen LogP contribution in [-0.2, 0) is 0 Å². The first-order chi connectivity index (χ1) is 13.6. The number of anilines is 1. The van der Waals surface area contributed by atoms with E-state index in [1.807, 2.05) is 11.0 Å². The Labute approximate surface area is 159 Å². The lowest BCUT2D eigenvalue weighted by atomic mass is 10.2. The highest BCUT2D eigenvalue weighted by Crippen LogP contribution is 2.19. The van der Waals surface area contributed by atoms with E-state index in [2.05, 4.69) is 25.7 Å². The number of carbonyl (C=O) groups excluding carboxylic acids is 2. The number of nitrogens with one attached hydrogen (secondary N) is 3. The molecule has 0 aromatic carbocycles. The van der Waals surface area contributed by atoms with Crippen LogP contribution in [0.5, 0.6) is 0 Å². The van der Waals surface area contributed by atoms with Crippen LogP contribution in [0.25, 0.3) is 5.65 Å². The van der Waals surface area contributed by atoms with Crippen molar-refractivity contribution in [2.45, 2.75) is 12.5 Å². The van der Waals surface area contributed by atoms with E-state index >= 15 is 0 Å². The van der Waals surface area contributed by atoms with Gasteiger partial charge in [-0.15, -0.1) is 5.10 Å². The van der Waals surface area contributed by atoms with Crippen LogP contribution in [0.1, 0.15) is 27.3 Å². The minimum Gasteiger partial charge on any atom is -0.354 e. The minimum atomic E-state index is -0.413. The molecular formula is C18H19N7O3. The highest BCUT2D eigenvalue weighted by molar-refractivity contribution is 5.94. The summed E-state index contributed by atoms with van der Waals surface area (Å²) in [5, 5.41) is 9.99. The zero-order valence-electron chi connectivity index (χ0n) is 15.2. The summed E-state index contributed by atoms with van der Waals surface area (Å²) in [6, 6.07) is 6.64. The summed E-state index contributed by atoms with van der Waals surface area (Å²) in [6.45, 7) is 1.25. The summed E-state index contributed by atoms with van der Waals surface area (Å²) >= 11 is 0. The van der Waals surface area contributed by atoms with Gasteiger partial charge in [0.15, 0.2) is 11.3 Å². The van der Waals surface area contributed by atoms with Gasteiger partial charge in [-0.1, -0.05) is 0 Å². The van der Waals surface area contributed by atoms with Gasteiger partial charge in [-0.05, 0) is 30.7 Å². The van der Waals surface area contributed by atoms with Gasteiger partial charge in [0.05, 0.1) is 6.20 Å². The molecule has 144 valence electrons. The molecule has 10 heteroatoms. The van der Waals surface area contributed by atoms with Crippen LogP contribution in [0.4, 0.5) is 5.82 Å². The zero-order valence-corrected chi connectivity index (χ0v) is 15.2. The Hall–Kier alpha value is -3.69. The quantitative estimate of drug-likeness (QED) is 0.574. The maximum absolute atomic E-state index is 12.3. The second-order valence-corrected chi connectivity index (χ2v) is 6.50. The second kappa shape index (κ2) is 7.14. The van der Waals surface area contributed by atoms with Gasteiger partial charge in [-0.3, -0.25) is 14.4 Å². The Kier molecular flexibility index (Phi) is 4.52. The number of carbonyl (C=O) groups is 2. The third-order valence-corrected chi connectivity index (χ3v) is 4.72. The largest absolute Gasteiger partial charge is 0.354 e. The molecule has 1 aliphatic rings. The molecular weight excluding hydrogens is 362 g/mol. The number of aromatic amines is 1. The molecule has 0 aliphatic carbocycles. The van der Waals surface area contributed by atoms with Crippen molar-refractivity contribution in [3.63, 3.8) is 0 Å². The molecule has 1 atom stereocenters. The van der Waals surface area contributed by atoms with Crippen molar-refractivity contribution >= 4 is 23.3 Å². The number of hydrogen-bond acceptors (Lipinski definition) is 6. The predicted octanol–water partition coefficient (Wildman–Crippen LogP) is -0.214. The third-order valence-electron chi connectivity index (χ3n) is 4.72. The SMILES string of the molecule is CNC(=O)c1cnc2ccc(N3CC[C@H](NC(=O)c4ccc[nH]c4=O)C3)nn12. The summed E-state index contributed by atoms with van der Waals surface area (Å²) in [4.78, 5) is 44.7. The van der Waals surface area contributed by atoms with Gasteiger partial charge in [0.2, 0.25) is 0 Å². The smallest absolute Gasteiger partial charge is 0.271 e. The molecule has 3 N–H and O–H groups in total. The Morgan fingerprint density at radius 3 is 2.89 bits per heavy atom. The lowest BCUT2D eigenvalue weighted by Crippen LogP contribution is -2.39. The fraction of sp³-hybridized carbons (Fsp3) is 0.278. The molecule has 1 fully saturated rings. The van der Waals surface area contributed by atoms with Crippen LogP contribution in [0.3, 0.4) is 0 Å². The van der Waals surface area contributed by atoms with Crippen LogP contribution in [0.15, 0.2) is 41.5 Å². The molecule has 10 nitrogen and oxygen atoms in total. The number of imidazole rings is 1. The molecule has 3 aromatic rings. The first-order valence-corrected chi connectivity index (χ1v) is 8.87. The highest BCUT2D eigenvalue weighted by Gasteiger charge is 2.26. The molecule has 4 heterocycles. The lowest BCUT2D eigenvalue weighted by molar-refractivity contribution is 0.0935. The van der Waals surface area contributed by atoms with Crippen molar-refractivity contribution < 1.29 is 9.59 Å². The van der Waals surface area contributed by atoms with Gasteiger partial charge in [-0.2, -0.15) is 0 Å². The van der Waals surface area contributed by atoms with Crippen LogP contribution in [0.2, 0.25) is 0 Å². The van der Waals surface area contributed by atoms with Crippen LogP contribution < -0.4 is 21.1 Å². The summed E-state index contributed by atoms with van der Waals surface area (Å²) in [5.74, 6) is 0.0235. The average Bonchev–Trinajstić information content (AvgIpc) is 3.34. The maximum Gasteiger partial charge on any atom is 0.271 e. The number of fused-ring (bicyclic) bond motifs is 1. The van der Waals surface area contributed by atoms with Crippen molar-refractivity contribution in [2.75, 3.05) is 25.0 Å². The Balaban J connectivity index is 1.49. The van der Waals surface area contributed by atoms with Crippen molar-refractivity contribution in [3.05, 3.63) is 58.3 Å². The molecule has 0 radical (unpaired) electrons. The molecule has 4 rings (SSSR count). The number of rotatable bonds is 4. The van der Waals surface area contributed by atoms with Crippen molar-refractivity contribution in [1.82, 2.24) is 30.2 Å². The van der Waals surface area contributed by atoms with E-state index in [1.165, 1.54) is 23.0 Å². The standard InChI is InChI=1S/C18H19N7O3/c1-19-18(28)13-9-21-14-4-5-15(23-25(13)14)24-8-6-11(10-24)22-17(27)12-3-2-7-20-16(12)26/h2-5,7,9,11H,6,8,10H2,1H3,(H,19,28)(H,20,26)(H,22,27)/t11-/m0/s1. The number of pyridine rings is 1. The summed E-state index contributed by atoms with van der Waals surface area (Å²) in [6.07, 6.45) is 3.69. The van der Waals surface area contributed by atoms with Gasteiger partial charge >= 0.3 is 0 Å². The number of amides is 2. The van der Waals surface area contributed by atoms with Crippen molar-refractivity contribution in [2.24, 2.45) is 0 Å². The van der Waals surface area contributed by atoms with E-state index in [-0.39, 0.29) is 17.5 Å².